The first-order chi connectivity index (χ1) is 8.04. The lowest BCUT2D eigenvalue weighted by Crippen LogP contribution is -2.04. The van der Waals surface area contributed by atoms with Gasteiger partial charge in [0.2, 0.25) is 0 Å². The molecule has 1 N–H and O–H groups in total. The number of carboxylic acid groups (broad SMARTS) is 1. The van der Waals surface area contributed by atoms with Gasteiger partial charge in [0.15, 0.2) is 0 Å². The van der Waals surface area contributed by atoms with Crippen LogP contribution in [0, 0.1) is 6.92 Å². The van der Waals surface area contributed by atoms with Crippen molar-refractivity contribution in [2.75, 3.05) is 7.11 Å². The van der Waals surface area contributed by atoms with Crippen LogP contribution in [0.5, 0.6) is 5.75 Å². The quantitative estimate of drug-likeness (QED) is 0.920. The third-order valence-corrected chi connectivity index (χ3v) is 3.16. The molecule has 2 aromatic rings. The maximum atomic E-state index is 11.2. The molecule has 0 saturated carbocycles. The molecule has 0 saturated heterocycles. The molecule has 2 rings (SSSR count). The van der Waals surface area contributed by atoms with E-state index >= 15 is 0 Å². The van der Waals surface area contributed by atoms with Gasteiger partial charge in [-0.15, -0.1) is 0 Å². The van der Waals surface area contributed by atoms with E-state index in [0.717, 1.165) is 15.2 Å². The van der Waals surface area contributed by atoms with E-state index in [0.29, 0.717) is 11.3 Å². The topological polar surface area (TPSA) is 46.5 Å². The number of fused-ring (bicyclic) bond motifs is 1. The maximum absolute atomic E-state index is 11.2. The standard InChI is InChI=1S/C13H11BrO3/c1-7-5-8-3-4-9(14)6-10(8)12(17-2)11(7)13(15)16/h3-6H,1-2H3,(H,15,16). The van der Waals surface area contributed by atoms with E-state index in [-0.39, 0.29) is 5.56 Å². The number of methoxy groups -OCH3 is 1. The van der Waals surface area contributed by atoms with Crippen molar-refractivity contribution in [2.45, 2.75) is 6.92 Å². The second-order valence-corrected chi connectivity index (χ2v) is 4.69. The highest BCUT2D eigenvalue weighted by Gasteiger charge is 2.17. The number of hydrogen-bond acceptors (Lipinski definition) is 2. The molecule has 0 heterocycles. The summed E-state index contributed by atoms with van der Waals surface area (Å²) in [6, 6.07) is 7.57. The number of hydrogen-bond donors (Lipinski definition) is 1. The smallest absolute Gasteiger partial charge is 0.339 e. The monoisotopic (exact) mass is 294 g/mol. The molecule has 0 aromatic heterocycles. The van der Waals surface area contributed by atoms with E-state index < -0.39 is 5.97 Å². The molecule has 0 aliphatic rings. The average molecular weight is 295 g/mol. The molecule has 17 heavy (non-hydrogen) atoms. The van der Waals surface area contributed by atoms with Gasteiger partial charge < -0.3 is 9.84 Å². The zero-order valence-electron chi connectivity index (χ0n) is 9.45. The van der Waals surface area contributed by atoms with Crippen molar-refractivity contribution in [3.05, 3.63) is 39.9 Å². The first kappa shape index (κ1) is 11.9. The number of rotatable bonds is 2. The van der Waals surface area contributed by atoms with Gasteiger partial charge in [0.1, 0.15) is 11.3 Å². The minimum absolute atomic E-state index is 0.220. The molecule has 2 aromatic carbocycles. The lowest BCUT2D eigenvalue weighted by atomic mass is 10.0. The van der Waals surface area contributed by atoms with Gasteiger partial charge in [-0.25, -0.2) is 4.79 Å². The molecule has 4 heteroatoms. The Bertz CT molecular complexity index is 605. The highest BCUT2D eigenvalue weighted by atomic mass is 79.9. The van der Waals surface area contributed by atoms with Crippen molar-refractivity contribution in [1.82, 2.24) is 0 Å². The maximum Gasteiger partial charge on any atom is 0.339 e. The highest BCUT2D eigenvalue weighted by molar-refractivity contribution is 9.10. The van der Waals surface area contributed by atoms with E-state index in [2.05, 4.69) is 15.9 Å². The van der Waals surface area contributed by atoms with E-state index in [4.69, 9.17) is 4.74 Å². The summed E-state index contributed by atoms with van der Waals surface area (Å²) in [6.07, 6.45) is 0. The second-order valence-electron chi connectivity index (χ2n) is 3.77. The van der Waals surface area contributed by atoms with Gasteiger partial charge in [0.25, 0.3) is 0 Å². The Balaban J connectivity index is 2.92. The van der Waals surface area contributed by atoms with Crippen LogP contribution in [-0.4, -0.2) is 18.2 Å². The fourth-order valence-corrected chi connectivity index (χ4v) is 2.31. The van der Waals surface area contributed by atoms with Crippen molar-refractivity contribution < 1.29 is 14.6 Å². The average Bonchev–Trinajstić information content (AvgIpc) is 2.27. The van der Waals surface area contributed by atoms with Gasteiger partial charge in [0.05, 0.1) is 7.11 Å². The molecular formula is C13H11BrO3. The molecule has 0 spiro atoms. The number of aryl methyl sites for hydroxylation is 1. The Morgan fingerprint density at radius 2 is 2.06 bits per heavy atom. The van der Waals surface area contributed by atoms with Crippen LogP contribution in [0.25, 0.3) is 10.8 Å². The molecule has 0 atom stereocenters. The van der Waals surface area contributed by atoms with Crippen LogP contribution in [0.4, 0.5) is 0 Å². The predicted octanol–water partition coefficient (Wildman–Crippen LogP) is 3.62. The van der Waals surface area contributed by atoms with E-state index in [1.807, 2.05) is 24.3 Å². The Hall–Kier alpha value is -1.55. The summed E-state index contributed by atoms with van der Waals surface area (Å²) in [6.45, 7) is 1.77. The predicted molar refractivity (Wildman–Crippen MR) is 69.9 cm³/mol. The summed E-state index contributed by atoms with van der Waals surface area (Å²) in [5.74, 6) is -0.560. The highest BCUT2D eigenvalue weighted by Crippen LogP contribution is 2.34. The van der Waals surface area contributed by atoms with Crippen LogP contribution >= 0.6 is 15.9 Å². The number of benzene rings is 2. The summed E-state index contributed by atoms with van der Waals surface area (Å²) in [5, 5.41) is 11.0. The van der Waals surface area contributed by atoms with Gasteiger partial charge >= 0.3 is 5.97 Å². The first-order valence-electron chi connectivity index (χ1n) is 5.04. The minimum atomic E-state index is -0.971. The number of ether oxygens (including phenoxy) is 1. The third kappa shape index (κ3) is 2.00. The van der Waals surface area contributed by atoms with Crippen LogP contribution in [0.1, 0.15) is 15.9 Å². The Labute approximate surface area is 107 Å². The fraction of sp³-hybridized carbons (Fsp3) is 0.154. The van der Waals surface area contributed by atoms with Crippen molar-refractivity contribution in [3.63, 3.8) is 0 Å². The van der Waals surface area contributed by atoms with Crippen LogP contribution in [0.15, 0.2) is 28.7 Å². The summed E-state index contributed by atoms with van der Waals surface area (Å²) in [4.78, 5) is 11.2. The van der Waals surface area contributed by atoms with Crippen molar-refractivity contribution in [2.24, 2.45) is 0 Å². The third-order valence-electron chi connectivity index (χ3n) is 2.67. The van der Waals surface area contributed by atoms with Gasteiger partial charge in [-0.3, -0.25) is 0 Å². The number of carboxylic acids is 1. The minimum Gasteiger partial charge on any atom is -0.495 e. The molecule has 0 unspecified atom stereocenters. The van der Waals surface area contributed by atoms with E-state index in [1.165, 1.54) is 7.11 Å². The summed E-state index contributed by atoms with van der Waals surface area (Å²) in [5.41, 5.74) is 0.919. The lowest BCUT2D eigenvalue weighted by molar-refractivity contribution is 0.0693. The molecule has 3 nitrogen and oxygen atoms in total. The van der Waals surface area contributed by atoms with E-state index in [1.54, 1.807) is 6.92 Å². The molecular weight excluding hydrogens is 284 g/mol. The zero-order chi connectivity index (χ0) is 12.6. The second kappa shape index (κ2) is 4.37. The Morgan fingerprint density at radius 3 is 2.65 bits per heavy atom. The van der Waals surface area contributed by atoms with Gasteiger partial charge in [-0.2, -0.15) is 0 Å². The molecule has 0 aliphatic heterocycles. The summed E-state index contributed by atoms with van der Waals surface area (Å²) < 4.78 is 6.15. The SMILES string of the molecule is COc1c(C(=O)O)c(C)cc2ccc(Br)cc12. The number of halogens is 1. The zero-order valence-corrected chi connectivity index (χ0v) is 11.0. The van der Waals surface area contributed by atoms with Crippen molar-refractivity contribution in [3.8, 4) is 5.75 Å². The van der Waals surface area contributed by atoms with Gasteiger partial charge in [-0.05, 0) is 30.0 Å². The first-order valence-corrected chi connectivity index (χ1v) is 5.84. The number of carbonyl (C=O) groups is 1. The number of aromatic carboxylic acids is 1. The summed E-state index contributed by atoms with van der Waals surface area (Å²) >= 11 is 3.37. The molecule has 0 aliphatic carbocycles. The van der Waals surface area contributed by atoms with Crippen molar-refractivity contribution in [1.29, 1.82) is 0 Å². The Morgan fingerprint density at radius 1 is 1.35 bits per heavy atom. The summed E-state index contributed by atoms with van der Waals surface area (Å²) in [7, 11) is 1.49. The normalized spacial score (nSPS) is 10.5. The van der Waals surface area contributed by atoms with Gasteiger partial charge in [-0.1, -0.05) is 28.1 Å². The lowest BCUT2D eigenvalue weighted by Gasteiger charge is -2.12. The van der Waals surface area contributed by atoms with E-state index in [9.17, 15) is 9.90 Å². The van der Waals surface area contributed by atoms with Crippen molar-refractivity contribution >= 4 is 32.7 Å². The Kier molecular flexibility index (Phi) is 3.07. The van der Waals surface area contributed by atoms with Gasteiger partial charge in [0, 0.05) is 9.86 Å². The molecule has 0 fully saturated rings. The van der Waals surface area contributed by atoms with Crippen LogP contribution < -0.4 is 4.74 Å². The molecule has 0 bridgehead atoms. The largest absolute Gasteiger partial charge is 0.495 e. The van der Waals surface area contributed by atoms with Crippen LogP contribution in [0.2, 0.25) is 0 Å². The molecule has 0 amide bonds. The molecule has 88 valence electrons. The fourth-order valence-electron chi connectivity index (χ4n) is 1.95. The van der Waals surface area contributed by atoms with Crippen LogP contribution in [0.3, 0.4) is 0 Å². The van der Waals surface area contributed by atoms with Crippen LogP contribution in [-0.2, 0) is 0 Å². The molecule has 0 radical (unpaired) electrons.